The largest absolute Gasteiger partial charge is 0.479 e. The first-order valence-electron chi connectivity index (χ1n) is 10.5. The van der Waals surface area contributed by atoms with Crippen LogP contribution in [0.15, 0.2) is 60.7 Å². The second-order valence-corrected chi connectivity index (χ2v) is 7.90. The maximum absolute atomic E-state index is 13.0. The molecule has 1 N–H and O–H groups in total. The zero-order valence-electron chi connectivity index (χ0n) is 18.2. The molecule has 0 aliphatic carbocycles. The molecule has 2 aromatic carbocycles. The number of amides is 1. The Labute approximate surface area is 183 Å². The van der Waals surface area contributed by atoms with Gasteiger partial charge in [-0.2, -0.15) is 10.4 Å². The summed E-state index contributed by atoms with van der Waals surface area (Å²) < 4.78 is 5.97. The molecule has 3 rings (SSSR count). The molecule has 1 atom stereocenters. The topological polar surface area (TPSA) is 82.0 Å². The molecular weight excluding hydrogens is 388 g/mol. The predicted molar refractivity (Wildman–Crippen MR) is 120 cm³/mol. The van der Waals surface area contributed by atoms with Crippen molar-refractivity contribution in [2.75, 3.05) is 13.6 Å². The van der Waals surface area contributed by atoms with Crippen LogP contribution in [0.3, 0.4) is 0 Å². The van der Waals surface area contributed by atoms with Gasteiger partial charge >= 0.3 is 0 Å². The monoisotopic (exact) mass is 416 g/mol. The third-order valence-electron chi connectivity index (χ3n) is 5.13. The molecule has 0 radical (unpaired) electrons. The normalized spacial score (nSPS) is 11.7. The Morgan fingerprint density at radius 1 is 1.16 bits per heavy atom. The van der Waals surface area contributed by atoms with Gasteiger partial charge in [-0.3, -0.25) is 9.89 Å². The van der Waals surface area contributed by atoms with Gasteiger partial charge in [0.15, 0.2) is 6.10 Å². The van der Waals surface area contributed by atoms with Crippen molar-refractivity contribution in [1.82, 2.24) is 15.1 Å². The Morgan fingerprint density at radius 3 is 2.58 bits per heavy atom. The highest BCUT2D eigenvalue weighted by atomic mass is 16.5. The van der Waals surface area contributed by atoms with Gasteiger partial charge in [0.1, 0.15) is 11.8 Å². The van der Waals surface area contributed by atoms with Crippen molar-refractivity contribution >= 4 is 5.91 Å². The van der Waals surface area contributed by atoms with Crippen LogP contribution >= 0.6 is 0 Å². The van der Waals surface area contributed by atoms with Gasteiger partial charge < -0.3 is 9.64 Å². The molecule has 0 saturated carbocycles. The minimum Gasteiger partial charge on any atom is -0.479 e. The molecule has 0 saturated heterocycles. The van der Waals surface area contributed by atoms with E-state index in [9.17, 15) is 10.1 Å². The fourth-order valence-electron chi connectivity index (χ4n) is 3.35. The van der Waals surface area contributed by atoms with Crippen molar-refractivity contribution in [3.05, 3.63) is 71.9 Å². The van der Waals surface area contributed by atoms with E-state index in [-0.39, 0.29) is 11.8 Å². The number of nitriles is 1. The lowest BCUT2D eigenvalue weighted by atomic mass is 10.1. The summed E-state index contributed by atoms with van der Waals surface area (Å²) in [7, 11) is 1.79. The van der Waals surface area contributed by atoms with Crippen molar-refractivity contribution in [2.45, 2.75) is 32.8 Å². The van der Waals surface area contributed by atoms with Gasteiger partial charge in [-0.25, -0.2) is 0 Å². The highest BCUT2D eigenvalue weighted by Crippen LogP contribution is 2.22. The lowest BCUT2D eigenvalue weighted by Crippen LogP contribution is -2.43. The van der Waals surface area contributed by atoms with Gasteiger partial charge in [0.25, 0.3) is 5.91 Å². The number of hydrogen-bond acceptors (Lipinski definition) is 4. The van der Waals surface area contributed by atoms with Crippen molar-refractivity contribution in [3.8, 4) is 23.1 Å². The Kier molecular flexibility index (Phi) is 7.45. The van der Waals surface area contributed by atoms with Gasteiger partial charge in [-0.05, 0) is 37.0 Å². The predicted octanol–water partition coefficient (Wildman–Crippen LogP) is 4.44. The second kappa shape index (κ2) is 10.4. The molecule has 6 heteroatoms. The number of aryl methyl sites for hydroxylation is 1. The number of hydrogen-bond donors (Lipinski definition) is 1. The highest BCUT2D eigenvalue weighted by Gasteiger charge is 2.28. The lowest BCUT2D eigenvalue weighted by Gasteiger charge is -2.27. The first kappa shape index (κ1) is 22.1. The number of ether oxygens (including phenoxy) is 1. The fourth-order valence-corrected chi connectivity index (χ4v) is 3.35. The van der Waals surface area contributed by atoms with E-state index in [2.05, 4.69) is 22.3 Å². The molecular formula is C25H28N4O2. The molecule has 31 heavy (non-hydrogen) atoms. The van der Waals surface area contributed by atoms with E-state index >= 15 is 0 Å². The molecule has 0 spiro atoms. The number of carbonyl (C=O) groups is 1. The zero-order valence-corrected chi connectivity index (χ0v) is 18.2. The van der Waals surface area contributed by atoms with E-state index in [1.54, 1.807) is 36.2 Å². The third kappa shape index (κ3) is 5.73. The van der Waals surface area contributed by atoms with E-state index in [0.717, 1.165) is 29.8 Å². The first-order valence-corrected chi connectivity index (χ1v) is 10.5. The fraction of sp³-hybridized carbons (Fsp3) is 0.320. The summed E-state index contributed by atoms with van der Waals surface area (Å²) >= 11 is 0. The number of aromatic nitrogens is 2. The summed E-state index contributed by atoms with van der Waals surface area (Å²) in [6.45, 7) is 4.49. The quantitative estimate of drug-likeness (QED) is 0.559. The molecule has 0 fully saturated rings. The van der Waals surface area contributed by atoms with Crippen LogP contribution in [0.5, 0.6) is 5.75 Å². The minimum absolute atomic E-state index is 0.0252. The summed E-state index contributed by atoms with van der Waals surface area (Å²) in [4.78, 5) is 14.7. The number of nitrogens with zero attached hydrogens (tertiary/aromatic N) is 3. The molecule has 0 aliphatic rings. The molecule has 0 bridgehead atoms. The van der Waals surface area contributed by atoms with E-state index in [1.807, 2.05) is 44.2 Å². The van der Waals surface area contributed by atoms with Crippen LogP contribution in [-0.2, 0) is 11.2 Å². The Hall–Kier alpha value is -3.59. The first-order chi connectivity index (χ1) is 15.0. The number of aromatic amines is 1. The van der Waals surface area contributed by atoms with Crippen molar-refractivity contribution in [2.24, 2.45) is 5.92 Å². The maximum atomic E-state index is 13.0. The lowest BCUT2D eigenvalue weighted by molar-refractivity contribution is -0.139. The smallest absolute Gasteiger partial charge is 0.263 e. The molecule has 1 amide bonds. The summed E-state index contributed by atoms with van der Waals surface area (Å²) in [6, 6.07) is 21.2. The van der Waals surface area contributed by atoms with E-state index in [4.69, 9.17) is 4.74 Å². The standard InChI is InChI=1S/C25H28N4O2/c1-18(2)24(31-23-14-8-7-12-20(23)17-26)25(30)29(3)15-9-13-21-16-22(28-27-21)19-10-5-4-6-11-19/h4-8,10-12,14,16,18,24H,9,13,15H2,1-3H3,(H,27,28). The molecule has 1 aromatic heterocycles. The average molecular weight is 417 g/mol. The van der Waals surface area contributed by atoms with Gasteiger partial charge in [-0.15, -0.1) is 0 Å². The Bertz CT molecular complexity index is 1040. The molecule has 3 aromatic rings. The van der Waals surface area contributed by atoms with Crippen LogP contribution in [0.4, 0.5) is 0 Å². The van der Waals surface area contributed by atoms with Gasteiger partial charge in [-0.1, -0.05) is 56.3 Å². The number of para-hydroxylation sites is 1. The number of H-pyrrole nitrogens is 1. The summed E-state index contributed by atoms with van der Waals surface area (Å²) in [5.74, 6) is 0.330. The molecule has 1 unspecified atom stereocenters. The van der Waals surface area contributed by atoms with E-state index < -0.39 is 6.10 Å². The SMILES string of the molecule is CC(C)C(Oc1ccccc1C#N)C(=O)N(C)CCCc1cc(-c2ccccc2)n[nH]1. The van der Waals surface area contributed by atoms with Crippen LogP contribution in [0.2, 0.25) is 0 Å². The second-order valence-electron chi connectivity index (χ2n) is 7.90. The van der Waals surface area contributed by atoms with Crippen LogP contribution in [0.25, 0.3) is 11.3 Å². The van der Waals surface area contributed by atoms with Crippen LogP contribution < -0.4 is 4.74 Å². The summed E-state index contributed by atoms with van der Waals surface area (Å²) in [6.07, 6.45) is 0.955. The number of rotatable bonds is 9. The summed E-state index contributed by atoms with van der Waals surface area (Å²) in [5, 5.41) is 16.7. The average Bonchev–Trinajstić information content (AvgIpc) is 3.26. The van der Waals surface area contributed by atoms with Crippen LogP contribution in [0.1, 0.15) is 31.5 Å². The van der Waals surface area contributed by atoms with Gasteiger partial charge in [0.2, 0.25) is 0 Å². The Balaban J connectivity index is 1.56. The minimum atomic E-state index is -0.642. The highest BCUT2D eigenvalue weighted by molar-refractivity contribution is 5.81. The molecule has 1 heterocycles. The number of likely N-dealkylation sites (N-methyl/N-ethyl adjacent to an activating group) is 1. The number of nitrogens with one attached hydrogen (secondary N) is 1. The van der Waals surface area contributed by atoms with Crippen molar-refractivity contribution < 1.29 is 9.53 Å². The van der Waals surface area contributed by atoms with Crippen molar-refractivity contribution in [1.29, 1.82) is 5.26 Å². The van der Waals surface area contributed by atoms with Crippen LogP contribution in [-0.4, -0.2) is 40.7 Å². The van der Waals surface area contributed by atoms with Gasteiger partial charge in [0, 0.05) is 24.8 Å². The summed E-state index contributed by atoms with van der Waals surface area (Å²) in [5.41, 5.74) is 3.47. The van der Waals surface area contributed by atoms with Crippen LogP contribution in [0, 0.1) is 17.2 Å². The van der Waals surface area contributed by atoms with E-state index in [0.29, 0.717) is 17.9 Å². The number of carbonyl (C=O) groups excluding carboxylic acids is 1. The zero-order chi connectivity index (χ0) is 22.2. The third-order valence-corrected chi connectivity index (χ3v) is 5.13. The van der Waals surface area contributed by atoms with Crippen molar-refractivity contribution in [3.63, 3.8) is 0 Å². The molecule has 6 nitrogen and oxygen atoms in total. The molecule has 0 aliphatic heterocycles. The maximum Gasteiger partial charge on any atom is 0.263 e. The Morgan fingerprint density at radius 2 is 1.87 bits per heavy atom. The van der Waals surface area contributed by atoms with Gasteiger partial charge in [0.05, 0.1) is 11.3 Å². The molecule has 160 valence electrons. The van der Waals surface area contributed by atoms with E-state index in [1.165, 1.54) is 0 Å². The number of benzene rings is 2.